The average molecular weight is 271 g/mol. The summed E-state index contributed by atoms with van der Waals surface area (Å²) < 4.78 is 2.32. The van der Waals surface area contributed by atoms with Crippen LogP contribution < -0.4 is 5.32 Å². The van der Waals surface area contributed by atoms with Crippen LogP contribution >= 0.6 is 0 Å². The molecule has 3 rings (SSSR count). The number of imidazole rings is 1. The van der Waals surface area contributed by atoms with Gasteiger partial charge in [0.25, 0.3) is 0 Å². The van der Waals surface area contributed by atoms with Crippen LogP contribution in [0.2, 0.25) is 0 Å². The first kappa shape index (κ1) is 13.6. The molecular formula is C17H25N3. The van der Waals surface area contributed by atoms with Gasteiger partial charge in [-0.2, -0.15) is 0 Å². The summed E-state index contributed by atoms with van der Waals surface area (Å²) in [5.41, 5.74) is 2.36. The number of aryl methyl sites for hydroxylation is 1. The maximum Gasteiger partial charge on any atom is 0.106 e. The second-order valence-corrected chi connectivity index (χ2v) is 6.43. The quantitative estimate of drug-likeness (QED) is 0.903. The SMILES string of the molecule is Cc1nc2ccccc2n1CCNC1CC(C(C)C)C1. The van der Waals surface area contributed by atoms with E-state index in [1.165, 1.54) is 18.4 Å². The Hall–Kier alpha value is -1.35. The normalized spacial score (nSPS) is 22.4. The molecule has 3 nitrogen and oxygen atoms in total. The number of aromatic nitrogens is 2. The van der Waals surface area contributed by atoms with Crippen molar-refractivity contribution < 1.29 is 0 Å². The lowest BCUT2D eigenvalue weighted by Crippen LogP contribution is -2.44. The van der Waals surface area contributed by atoms with Crippen LogP contribution in [0.15, 0.2) is 24.3 Å². The lowest BCUT2D eigenvalue weighted by molar-refractivity contribution is 0.168. The van der Waals surface area contributed by atoms with Gasteiger partial charge in [0.05, 0.1) is 11.0 Å². The van der Waals surface area contributed by atoms with Crippen LogP contribution in [-0.4, -0.2) is 22.1 Å². The van der Waals surface area contributed by atoms with Crippen LogP contribution in [0, 0.1) is 18.8 Å². The number of nitrogens with zero attached hydrogens (tertiary/aromatic N) is 2. The van der Waals surface area contributed by atoms with Crippen LogP contribution in [0.1, 0.15) is 32.5 Å². The van der Waals surface area contributed by atoms with Crippen molar-refractivity contribution in [2.75, 3.05) is 6.54 Å². The summed E-state index contributed by atoms with van der Waals surface area (Å²) in [5, 5.41) is 3.69. The molecule has 1 aliphatic rings. The molecule has 20 heavy (non-hydrogen) atoms. The van der Waals surface area contributed by atoms with Gasteiger partial charge < -0.3 is 9.88 Å². The van der Waals surface area contributed by atoms with Crippen molar-refractivity contribution in [1.82, 2.24) is 14.9 Å². The fourth-order valence-corrected chi connectivity index (χ4v) is 3.23. The van der Waals surface area contributed by atoms with Crippen LogP contribution in [-0.2, 0) is 6.54 Å². The first-order valence-corrected chi connectivity index (χ1v) is 7.80. The molecule has 1 saturated carbocycles. The second kappa shape index (κ2) is 5.57. The Kier molecular flexibility index (Phi) is 3.79. The summed E-state index contributed by atoms with van der Waals surface area (Å²) >= 11 is 0. The maximum absolute atomic E-state index is 4.62. The monoisotopic (exact) mass is 271 g/mol. The number of rotatable bonds is 5. The number of fused-ring (bicyclic) bond motifs is 1. The first-order valence-electron chi connectivity index (χ1n) is 7.80. The Morgan fingerprint density at radius 1 is 1.30 bits per heavy atom. The zero-order chi connectivity index (χ0) is 14.1. The molecule has 3 heteroatoms. The van der Waals surface area contributed by atoms with Gasteiger partial charge in [-0.1, -0.05) is 26.0 Å². The number of hydrogen-bond donors (Lipinski definition) is 1. The van der Waals surface area contributed by atoms with Crippen molar-refractivity contribution in [1.29, 1.82) is 0 Å². The maximum atomic E-state index is 4.62. The molecule has 1 N–H and O–H groups in total. The van der Waals surface area contributed by atoms with E-state index in [-0.39, 0.29) is 0 Å². The molecule has 1 aromatic heterocycles. The van der Waals surface area contributed by atoms with Gasteiger partial charge in [-0.25, -0.2) is 4.98 Å². The zero-order valence-corrected chi connectivity index (χ0v) is 12.8. The average Bonchev–Trinajstić information content (AvgIpc) is 2.67. The van der Waals surface area contributed by atoms with E-state index in [0.29, 0.717) is 0 Å². The van der Waals surface area contributed by atoms with Crippen LogP contribution in [0.25, 0.3) is 11.0 Å². The van der Waals surface area contributed by atoms with E-state index >= 15 is 0 Å². The van der Waals surface area contributed by atoms with E-state index in [4.69, 9.17) is 0 Å². The van der Waals surface area contributed by atoms with Crippen molar-refractivity contribution >= 4 is 11.0 Å². The molecule has 1 aromatic carbocycles. The minimum Gasteiger partial charge on any atom is -0.327 e. The lowest BCUT2D eigenvalue weighted by atomic mass is 9.74. The van der Waals surface area contributed by atoms with Gasteiger partial charge in [-0.15, -0.1) is 0 Å². The Balaban J connectivity index is 1.55. The van der Waals surface area contributed by atoms with E-state index in [1.807, 2.05) is 0 Å². The summed E-state index contributed by atoms with van der Waals surface area (Å²) in [5.74, 6) is 2.89. The highest BCUT2D eigenvalue weighted by atomic mass is 15.1. The molecule has 0 saturated heterocycles. The standard InChI is InChI=1S/C17H25N3/c1-12(2)14-10-15(11-14)18-8-9-20-13(3)19-16-6-4-5-7-17(16)20/h4-7,12,14-15,18H,8-11H2,1-3H3. The highest BCUT2D eigenvalue weighted by Crippen LogP contribution is 2.33. The Morgan fingerprint density at radius 3 is 2.80 bits per heavy atom. The van der Waals surface area contributed by atoms with Gasteiger partial charge in [0.2, 0.25) is 0 Å². The molecule has 0 spiro atoms. The van der Waals surface area contributed by atoms with E-state index in [0.717, 1.165) is 42.3 Å². The van der Waals surface area contributed by atoms with Crippen LogP contribution in [0.5, 0.6) is 0 Å². The number of hydrogen-bond acceptors (Lipinski definition) is 2. The van der Waals surface area contributed by atoms with E-state index in [1.54, 1.807) is 0 Å². The van der Waals surface area contributed by atoms with Gasteiger partial charge in [-0.3, -0.25) is 0 Å². The van der Waals surface area contributed by atoms with Gasteiger partial charge in [0.15, 0.2) is 0 Å². The Morgan fingerprint density at radius 2 is 2.05 bits per heavy atom. The molecular weight excluding hydrogens is 246 g/mol. The zero-order valence-electron chi connectivity index (χ0n) is 12.8. The number of nitrogens with one attached hydrogen (secondary N) is 1. The number of para-hydroxylation sites is 2. The molecule has 0 bridgehead atoms. The van der Waals surface area contributed by atoms with E-state index < -0.39 is 0 Å². The van der Waals surface area contributed by atoms with Crippen molar-refractivity contribution in [3.8, 4) is 0 Å². The molecule has 0 unspecified atom stereocenters. The highest BCUT2D eigenvalue weighted by molar-refractivity contribution is 5.75. The minimum atomic E-state index is 0.734. The largest absolute Gasteiger partial charge is 0.327 e. The first-order chi connectivity index (χ1) is 9.65. The molecule has 0 amide bonds. The van der Waals surface area contributed by atoms with E-state index in [2.05, 4.69) is 59.9 Å². The molecule has 2 aromatic rings. The van der Waals surface area contributed by atoms with Crippen LogP contribution in [0.3, 0.4) is 0 Å². The summed E-state index contributed by atoms with van der Waals surface area (Å²) in [6.45, 7) is 8.81. The third-order valence-electron chi connectivity index (χ3n) is 4.73. The highest BCUT2D eigenvalue weighted by Gasteiger charge is 2.30. The third kappa shape index (κ3) is 2.59. The molecule has 1 fully saturated rings. The topological polar surface area (TPSA) is 29.9 Å². The predicted octanol–water partition coefficient (Wildman–Crippen LogP) is 3.37. The minimum absolute atomic E-state index is 0.734. The smallest absolute Gasteiger partial charge is 0.106 e. The van der Waals surface area contributed by atoms with Gasteiger partial charge in [-0.05, 0) is 43.7 Å². The van der Waals surface area contributed by atoms with Crippen LogP contribution in [0.4, 0.5) is 0 Å². The third-order valence-corrected chi connectivity index (χ3v) is 4.73. The Labute approximate surface area is 121 Å². The summed E-state index contributed by atoms with van der Waals surface area (Å²) in [7, 11) is 0. The summed E-state index contributed by atoms with van der Waals surface area (Å²) in [4.78, 5) is 4.62. The van der Waals surface area contributed by atoms with Gasteiger partial charge in [0, 0.05) is 19.1 Å². The molecule has 1 heterocycles. The van der Waals surface area contributed by atoms with Crippen molar-refractivity contribution in [2.45, 2.75) is 46.2 Å². The van der Waals surface area contributed by atoms with Gasteiger partial charge in [0.1, 0.15) is 5.82 Å². The summed E-state index contributed by atoms with van der Waals surface area (Å²) in [6.07, 6.45) is 2.70. The summed E-state index contributed by atoms with van der Waals surface area (Å²) in [6, 6.07) is 9.13. The fourth-order valence-electron chi connectivity index (χ4n) is 3.23. The molecule has 0 radical (unpaired) electrons. The Bertz CT molecular complexity index is 579. The van der Waals surface area contributed by atoms with Gasteiger partial charge >= 0.3 is 0 Å². The van der Waals surface area contributed by atoms with Crippen molar-refractivity contribution in [3.63, 3.8) is 0 Å². The molecule has 0 aliphatic heterocycles. The predicted molar refractivity (Wildman–Crippen MR) is 83.8 cm³/mol. The lowest BCUT2D eigenvalue weighted by Gasteiger charge is -2.38. The van der Waals surface area contributed by atoms with E-state index in [9.17, 15) is 0 Å². The fraction of sp³-hybridized carbons (Fsp3) is 0.588. The molecule has 0 atom stereocenters. The number of benzene rings is 1. The van der Waals surface area contributed by atoms with Crippen molar-refractivity contribution in [3.05, 3.63) is 30.1 Å². The molecule has 1 aliphatic carbocycles. The molecule has 108 valence electrons. The second-order valence-electron chi connectivity index (χ2n) is 6.43. The van der Waals surface area contributed by atoms with Crippen molar-refractivity contribution in [2.24, 2.45) is 11.8 Å².